The molecule has 4 N–H and O–H groups in total. The highest BCUT2D eigenvalue weighted by molar-refractivity contribution is 5.14. The molecule has 0 amide bonds. The summed E-state index contributed by atoms with van der Waals surface area (Å²) in [5.74, 6) is 0. The summed E-state index contributed by atoms with van der Waals surface area (Å²) in [4.78, 5) is 2.40. The molecule has 5 nitrogen and oxygen atoms in total. The Morgan fingerprint density at radius 2 is 1.29 bits per heavy atom. The Kier molecular flexibility index (Phi) is 8.36. The standard InChI is InChI=1S/C16H29N5/c1-2-5-16(6-3-1)13-21-14-19-11-9-17-7-4-8-18-10-12-20-15-21/h1-3,5-6,17-20H,4,7-15H2. The molecule has 21 heavy (non-hydrogen) atoms. The van der Waals surface area contributed by atoms with Crippen LogP contribution in [0.3, 0.4) is 0 Å². The van der Waals surface area contributed by atoms with E-state index >= 15 is 0 Å². The number of hydrogen-bond donors (Lipinski definition) is 4. The van der Waals surface area contributed by atoms with Crippen molar-refractivity contribution in [1.82, 2.24) is 26.2 Å². The number of nitrogens with one attached hydrogen (secondary N) is 4. The summed E-state index contributed by atoms with van der Waals surface area (Å²) < 4.78 is 0. The molecule has 118 valence electrons. The van der Waals surface area contributed by atoms with Gasteiger partial charge in [0.15, 0.2) is 0 Å². The number of hydrogen-bond acceptors (Lipinski definition) is 5. The fourth-order valence-corrected chi connectivity index (χ4v) is 2.43. The molecule has 1 saturated heterocycles. The zero-order valence-corrected chi connectivity index (χ0v) is 12.9. The monoisotopic (exact) mass is 291 g/mol. The predicted molar refractivity (Wildman–Crippen MR) is 88.1 cm³/mol. The van der Waals surface area contributed by atoms with E-state index in [4.69, 9.17) is 0 Å². The first-order chi connectivity index (χ1) is 10.4. The molecule has 1 aliphatic rings. The van der Waals surface area contributed by atoms with Crippen LogP contribution in [0, 0.1) is 0 Å². The third kappa shape index (κ3) is 7.55. The Labute approximate surface area is 128 Å². The molecule has 2 rings (SSSR count). The lowest BCUT2D eigenvalue weighted by Gasteiger charge is -2.24. The summed E-state index contributed by atoms with van der Waals surface area (Å²) in [5, 5.41) is 14.0. The Hall–Kier alpha value is -0.980. The maximum Gasteiger partial charge on any atom is 0.0496 e. The molecule has 0 aromatic heterocycles. The van der Waals surface area contributed by atoms with Gasteiger partial charge in [0.05, 0.1) is 0 Å². The largest absolute Gasteiger partial charge is 0.315 e. The Bertz CT molecular complexity index is 343. The van der Waals surface area contributed by atoms with Crippen molar-refractivity contribution in [2.75, 3.05) is 52.6 Å². The van der Waals surface area contributed by atoms with Crippen LogP contribution in [0.15, 0.2) is 30.3 Å². The van der Waals surface area contributed by atoms with Crippen LogP contribution in [0.4, 0.5) is 0 Å². The number of rotatable bonds is 2. The first kappa shape index (κ1) is 16.4. The molecule has 1 aromatic rings. The fraction of sp³-hybridized carbons (Fsp3) is 0.625. The van der Waals surface area contributed by atoms with Crippen LogP contribution >= 0.6 is 0 Å². The minimum Gasteiger partial charge on any atom is -0.315 e. The van der Waals surface area contributed by atoms with Crippen LogP contribution in [0.1, 0.15) is 12.0 Å². The highest BCUT2D eigenvalue weighted by Gasteiger charge is 2.05. The minimum absolute atomic E-state index is 0.914. The Morgan fingerprint density at radius 3 is 1.90 bits per heavy atom. The van der Waals surface area contributed by atoms with Crippen molar-refractivity contribution in [2.45, 2.75) is 13.0 Å². The molecule has 0 atom stereocenters. The maximum atomic E-state index is 3.52. The Balaban J connectivity index is 1.78. The molecule has 1 fully saturated rings. The van der Waals surface area contributed by atoms with E-state index in [-0.39, 0.29) is 0 Å². The van der Waals surface area contributed by atoms with Crippen molar-refractivity contribution in [3.8, 4) is 0 Å². The van der Waals surface area contributed by atoms with E-state index in [1.54, 1.807) is 0 Å². The van der Waals surface area contributed by atoms with Gasteiger partial charge >= 0.3 is 0 Å². The van der Waals surface area contributed by atoms with Crippen molar-refractivity contribution >= 4 is 0 Å². The number of nitrogens with zero attached hydrogens (tertiary/aromatic N) is 1. The number of benzene rings is 1. The minimum atomic E-state index is 0.914. The molecular formula is C16H29N5. The van der Waals surface area contributed by atoms with Gasteiger partial charge < -0.3 is 21.3 Å². The summed E-state index contributed by atoms with van der Waals surface area (Å²) in [5.41, 5.74) is 1.36. The van der Waals surface area contributed by atoms with Crippen LogP contribution < -0.4 is 21.3 Å². The highest BCUT2D eigenvalue weighted by atomic mass is 15.3. The molecule has 5 heteroatoms. The summed E-state index contributed by atoms with van der Waals surface area (Å²) >= 11 is 0. The van der Waals surface area contributed by atoms with Crippen molar-refractivity contribution in [3.05, 3.63) is 35.9 Å². The van der Waals surface area contributed by atoms with Gasteiger partial charge in [-0.2, -0.15) is 0 Å². The second-order valence-electron chi connectivity index (χ2n) is 5.48. The summed E-state index contributed by atoms with van der Waals surface area (Å²) in [6.07, 6.45) is 1.19. The van der Waals surface area contributed by atoms with Crippen LogP contribution in [-0.4, -0.2) is 57.5 Å². The van der Waals surface area contributed by atoms with E-state index in [2.05, 4.69) is 56.5 Å². The van der Waals surface area contributed by atoms with Crippen LogP contribution in [0.5, 0.6) is 0 Å². The van der Waals surface area contributed by atoms with E-state index in [0.717, 1.165) is 59.2 Å². The zero-order chi connectivity index (χ0) is 14.6. The topological polar surface area (TPSA) is 51.4 Å². The van der Waals surface area contributed by atoms with Crippen LogP contribution in [-0.2, 0) is 6.54 Å². The summed E-state index contributed by atoms with van der Waals surface area (Å²) in [6, 6.07) is 10.7. The lowest BCUT2D eigenvalue weighted by atomic mass is 10.2. The van der Waals surface area contributed by atoms with Gasteiger partial charge in [0.1, 0.15) is 0 Å². The van der Waals surface area contributed by atoms with E-state index in [0.29, 0.717) is 0 Å². The molecule has 1 aliphatic heterocycles. The van der Waals surface area contributed by atoms with E-state index in [9.17, 15) is 0 Å². The lowest BCUT2D eigenvalue weighted by Crippen LogP contribution is -2.43. The third-order valence-corrected chi connectivity index (χ3v) is 3.58. The molecule has 0 radical (unpaired) electrons. The lowest BCUT2D eigenvalue weighted by molar-refractivity contribution is 0.226. The van der Waals surface area contributed by atoms with Gasteiger partial charge in [-0.25, -0.2) is 0 Å². The van der Waals surface area contributed by atoms with Crippen LogP contribution in [0.25, 0.3) is 0 Å². The van der Waals surface area contributed by atoms with Crippen molar-refractivity contribution < 1.29 is 0 Å². The maximum absolute atomic E-state index is 3.52. The van der Waals surface area contributed by atoms with Crippen molar-refractivity contribution in [3.63, 3.8) is 0 Å². The van der Waals surface area contributed by atoms with Crippen molar-refractivity contribution in [2.24, 2.45) is 0 Å². The average Bonchev–Trinajstić information content (AvgIpc) is 2.52. The molecule has 0 aliphatic carbocycles. The molecule has 0 spiro atoms. The SMILES string of the molecule is c1ccc(CN2CNCCNCCCNCCNC2)cc1. The van der Waals surface area contributed by atoms with Gasteiger partial charge in [0, 0.05) is 46.1 Å². The smallest absolute Gasteiger partial charge is 0.0496 e. The molecule has 0 saturated carbocycles. The molecule has 0 unspecified atom stereocenters. The average molecular weight is 291 g/mol. The van der Waals surface area contributed by atoms with Crippen molar-refractivity contribution in [1.29, 1.82) is 0 Å². The first-order valence-electron chi connectivity index (χ1n) is 8.04. The third-order valence-electron chi connectivity index (χ3n) is 3.58. The van der Waals surface area contributed by atoms with Gasteiger partial charge in [-0.15, -0.1) is 0 Å². The van der Waals surface area contributed by atoms with Crippen LogP contribution in [0.2, 0.25) is 0 Å². The van der Waals surface area contributed by atoms with Gasteiger partial charge in [-0.05, 0) is 25.1 Å². The zero-order valence-electron chi connectivity index (χ0n) is 12.9. The molecule has 1 heterocycles. The predicted octanol–water partition coefficient (Wildman–Crippen LogP) is 0.166. The quantitative estimate of drug-likeness (QED) is 0.626. The van der Waals surface area contributed by atoms with Gasteiger partial charge in [-0.1, -0.05) is 30.3 Å². The second kappa shape index (κ2) is 10.7. The summed E-state index contributed by atoms with van der Waals surface area (Å²) in [6.45, 7) is 9.08. The highest BCUT2D eigenvalue weighted by Crippen LogP contribution is 2.02. The van der Waals surface area contributed by atoms with Gasteiger partial charge in [0.25, 0.3) is 0 Å². The summed E-state index contributed by atoms with van der Waals surface area (Å²) in [7, 11) is 0. The Morgan fingerprint density at radius 1 is 0.714 bits per heavy atom. The molecular weight excluding hydrogens is 262 g/mol. The van der Waals surface area contributed by atoms with E-state index < -0.39 is 0 Å². The van der Waals surface area contributed by atoms with E-state index in [1.165, 1.54) is 12.0 Å². The molecule has 0 bridgehead atoms. The normalized spacial score (nSPS) is 20.8. The fourth-order valence-electron chi connectivity index (χ4n) is 2.43. The van der Waals surface area contributed by atoms with E-state index in [1.807, 2.05) is 0 Å². The van der Waals surface area contributed by atoms with Gasteiger partial charge in [0.2, 0.25) is 0 Å². The first-order valence-corrected chi connectivity index (χ1v) is 8.04. The second-order valence-corrected chi connectivity index (χ2v) is 5.48. The van der Waals surface area contributed by atoms with Gasteiger partial charge in [-0.3, -0.25) is 4.90 Å². The molecule has 1 aromatic carbocycles.